The van der Waals surface area contributed by atoms with Crippen LogP contribution in [0.4, 0.5) is 11.4 Å². The summed E-state index contributed by atoms with van der Waals surface area (Å²) in [5.41, 5.74) is 7.27. The molecule has 0 radical (unpaired) electrons. The van der Waals surface area contributed by atoms with Gasteiger partial charge >= 0.3 is 0 Å². The van der Waals surface area contributed by atoms with Crippen molar-refractivity contribution in [3.8, 4) is 5.75 Å². The summed E-state index contributed by atoms with van der Waals surface area (Å²) in [5.74, 6) is 0.113. The molecule has 1 aromatic heterocycles. The summed E-state index contributed by atoms with van der Waals surface area (Å²) in [4.78, 5) is 16.3. The summed E-state index contributed by atoms with van der Waals surface area (Å²) in [6.07, 6.45) is 1.56. The second kappa shape index (κ2) is 6.38. The third-order valence-electron chi connectivity index (χ3n) is 2.56. The van der Waals surface area contributed by atoms with E-state index in [2.05, 4.69) is 26.2 Å². The Morgan fingerprint density at radius 1 is 1.40 bits per heavy atom. The number of halogens is 1. The second-order valence-corrected chi connectivity index (χ2v) is 4.79. The van der Waals surface area contributed by atoms with Crippen LogP contribution in [0.2, 0.25) is 0 Å². The van der Waals surface area contributed by atoms with Gasteiger partial charge in [0, 0.05) is 0 Å². The first-order chi connectivity index (χ1) is 9.61. The summed E-state index contributed by atoms with van der Waals surface area (Å²) >= 11 is 3.24. The molecular weight excluding hydrogens is 322 g/mol. The Morgan fingerprint density at radius 3 is 2.85 bits per heavy atom. The van der Waals surface area contributed by atoms with E-state index in [9.17, 15) is 4.79 Å². The number of hydrogen-bond acceptors (Lipinski definition) is 4. The van der Waals surface area contributed by atoms with Gasteiger partial charge in [0.25, 0.3) is 5.91 Å². The van der Waals surface area contributed by atoms with Crippen LogP contribution in [-0.4, -0.2) is 17.5 Å². The number of carbonyl (C=O) groups is 1. The predicted octanol–water partition coefficient (Wildman–Crippen LogP) is 3.08. The van der Waals surface area contributed by atoms with Gasteiger partial charge in [-0.2, -0.15) is 0 Å². The van der Waals surface area contributed by atoms with Gasteiger partial charge in [-0.1, -0.05) is 6.07 Å². The first-order valence-electron chi connectivity index (χ1n) is 6.06. The fraction of sp³-hybridized carbons (Fsp3) is 0.143. The van der Waals surface area contributed by atoms with Gasteiger partial charge in [-0.25, -0.2) is 4.98 Å². The Hall–Kier alpha value is -2.08. The number of nitrogens with two attached hydrogens (primary N) is 1. The van der Waals surface area contributed by atoms with Gasteiger partial charge in [0.05, 0.1) is 29.7 Å². The van der Waals surface area contributed by atoms with Crippen LogP contribution in [0.3, 0.4) is 0 Å². The van der Waals surface area contributed by atoms with Crippen molar-refractivity contribution in [2.24, 2.45) is 0 Å². The number of nitrogens with zero attached hydrogens (tertiary/aromatic N) is 1. The number of carbonyl (C=O) groups excluding carboxylic acids is 1. The molecule has 3 N–H and O–H groups in total. The van der Waals surface area contributed by atoms with Crippen LogP contribution in [0.5, 0.6) is 5.75 Å². The van der Waals surface area contributed by atoms with Gasteiger partial charge in [0.15, 0.2) is 5.75 Å². The number of hydrogen-bond donors (Lipinski definition) is 2. The Balaban J connectivity index is 2.25. The molecular formula is C14H14BrN3O2. The van der Waals surface area contributed by atoms with Crippen LogP contribution < -0.4 is 15.8 Å². The fourth-order valence-corrected chi connectivity index (χ4v) is 1.92. The molecule has 104 valence electrons. The third kappa shape index (κ3) is 3.27. The Labute approximate surface area is 125 Å². The van der Waals surface area contributed by atoms with Gasteiger partial charge in [-0.05, 0) is 47.1 Å². The van der Waals surface area contributed by atoms with E-state index in [0.29, 0.717) is 33.9 Å². The number of ether oxygens (including phenoxy) is 1. The van der Waals surface area contributed by atoms with Gasteiger partial charge in [0.2, 0.25) is 0 Å². The van der Waals surface area contributed by atoms with Crippen LogP contribution in [0, 0.1) is 0 Å². The number of anilines is 2. The minimum Gasteiger partial charge on any atom is -0.491 e. The first-order valence-corrected chi connectivity index (χ1v) is 6.85. The highest BCUT2D eigenvalue weighted by molar-refractivity contribution is 9.10. The van der Waals surface area contributed by atoms with Crippen molar-refractivity contribution >= 4 is 33.2 Å². The molecule has 0 saturated heterocycles. The van der Waals surface area contributed by atoms with E-state index in [1.54, 1.807) is 36.5 Å². The van der Waals surface area contributed by atoms with E-state index in [-0.39, 0.29) is 5.91 Å². The number of benzene rings is 1. The van der Waals surface area contributed by atoms with Gasteiger partial charge in [-0.15, -0.1) is 0 Å². The van der Waals surface area contributed by atoms with Crippen LogP contribution >= 0.6 is 15.9 Å². The van der Waals surface area contributed by atoms with Gasteiger partial charge < -0.3 is 15.8 Å². The zero-order valence-corrected chi connectivity index (χ0v) is 12.5. The normalized spacial score (nSPS) is 10.1. The van der Waals surface area contributed by atoms with E-state index in [0.717, 1.165) is 0 Å². The van der Waals surface area contributed by atoms with E-state index >= 15 is 0 Å². The van der Waals surface area contributed by atoms with Crippen LogP contribution in [-0.2, 0) is 0 Å². The number of nitrogen functional groups attached to an aromatic ring is 1. The van der Waals surface area contributed by atoms with E-state index in [1.165, 1.54) is 0 Å². The van der Waals surface area contributed by atoms with E-state index in [1.807, 2.05) is 6.92 Å². The highest BCUT2D eigenvalue weighted by Crippen LogP contribution is 2.27. The smallest absolute Gasteiger partial charge is 0.259 e. The Morgan fingerprint density at radius 2 is 2.20 bits per heavy atom. The molecule has 0 saturated carbocycles. The highest BCUT2D eigenvalue weighted by Gasteiger charge is 2.15. The van der Waals surface area contributed by atoms with Crippen LogP contribution in [0.1, 0.15) is 17.3 Å². The van der Waals surface area contributed by atoms with Gasteiger partial charge in [-0.3, -0.25) is 4.79 Å². The van der Waals surface area contributed by atoms with Crippen molar-refractivity contribution in [3.05, 3.63) is 46.7 Å². The maximum absolute atomic E-state index is 12.3. The lowest BCUT2D eigenvalue weighted by molar-refractivity contribution is 0.102. The average molecular weight is 336 g/mol. The molecule has 0 aliphatic heterocycles. The van der Waals surface area contributed by atoms with Crippen molar-refractivity contribution in [1.82, 2.24) is 4.98 Å². The molecule has 0 aliphatic rings. The minimum absolute atomic E-state index is 0.287. The average Bonchev–Trinajstić information content (AvgIpc) is 2.43. The SMILES string of the molecule is CCOc1c(N)cccc1C(=O)Nc1ccc(Br)nc1. The molecule has 0 aliphatic carbocycles. The summed E-state index contributed by atoms with van der Waals surface area (Å²) < 4.78 is 6.14. The van der Waals surface area contributed by atoms with E-state index in [4.69, 9.17) is 10.5 Å². The van der Waals surface area contributed by atoms with Crippen LogP contribution in [0.25, 0.3) is 0 Å². The lowest BCUT2D eigenvalue weighted by Crippen LogP contribution is -2.14. The maximum Gasteiger partial charge on any atom is 0.259 e. The topological polar surface area (TPSA) is 77.2 Å². The minimum atomic E-state index is -0.287. The maximum atomic E-state index is 12.3. The molecule has 2 rings (SSSR count). The van der Waals surface area contributed by atoms with Crippen molar-refractivity contribution in [2.45, 2.75) is 6.92 Å². The zero-order valence-electron chi connectivity index (χ0n) is 10.9. The summed E-state index contributed by atoms with van der Waals surface area (Å²) in [7, 11) is 0. The molecule has 2 aromatic rings. The molecule has 20 heavy (non-hydrogen) atoms. The first kappa shape index (κ1) is 14.3. The lowest BCUT2D eigenvalue weighted by Gasteiger charge is -2.12. The highest BCUT2D eigenvalue weighted by atomic mass is 79.9. The summed E-state index contributed by atoms with van der Waals surface area (Å²) in [6, 6.07) is 8.58. The molecule has 0 atom stereocenters. The summed E-state index contributed by atoms with van der Waals surface area (Å²) in [5, 5.41) is 2.75. The van der Waals surface area contributed by atoms with Crippen molar-refractivity contribution in [1.29, 1.82) is 0 Å². The molecule has 0 spiro atoms. The van der Waals surface area contributed by atoms with Crippen molar-refractivity contribution in [3.63, 3.8) is 0 Å². The second-order valence-electron chi connectivity index (χ2n) is 3.98. The molecule has 1 aromatic carbocycles. The molecule has 1 amide bonds. The molecule has 6 heteroatoms. The van der Waals surface area contributed by atoms with Crippen LogP contribution in [0.15, 0.2) is 41.1 Å². The van der Waals surface area contributed by atoms with Gasteiger partial charge in [0.1, 0.15) is 4.60 Å². The zero-order chi connectivity index (χ0) is 14.5. The summed E-state index contributed by atoms with van der Waals surface area (Å²) in [6.45, 7) is 2.28. The lowest BCUT2D eigenvalue weighted by atomic mass is 10.1. The third-order valence-corrected chi connectivity index (χ3v) is 3.03. The molecule has 1 heterocycles. The number of rotatable bonds is 4. The molecule has 0 bridgehead atoms. The number of para-hydroxylation sites is 1. The Kier molecular flexibility index (Phi) is 4.57. The predicted molar refractivity (Wildman–Crippen MR) is 81.9 cm³/mol. The number of aromatic nitrogens is 1. The molecule has 0 unspecified atom stereocenters. The Bertz CT molecular complexity index is 614. The largest absolute Gasteiger partial charge is 0.491 e. The molecule has 5 nitrogen and oxygen atoms in total. The standard InChI is InChI=1S/C14H14BrN3O2/c1-2-20-13-10(4-3-5-11(13)16)14(19)18-9-6-7-12(15)17-8-9/h3-8H,2,16H2,1H3,(H,18,19). The van der Waals surface area contributed by atoms with E-state index < -0.39 is 0 Å². The van der Waals surface area contributed by atoms with Crippen molar-refractivity contribution in [2.75, 3.05) is 17.7 Å². The fourth-order valence-electron chi connectivity index (χ4n) is 1.69. The number of pyridine rings is 1. The van der Waals surface area contributed by atoms with Crippen molar-refractivity contribution < 1.29 is 9.53 Å². The molecule has 0 fully saturated rings. The quantitative estimate of drug-likeness (QED) is 0.664. The monoisotopic (exact) mass is 335 g/mol. The number of nitrogens with one attached hydrogen (secondary N) is 1. The number of amides is 1.